The molecule has 7 heteroatoms. The van der Waals surface area contributed by atoms with E-state index in [1.54, 1.807) is 7.11 Å². The van der Waals surface area contributed by atoms with E-state index in [1.165, 1.54) is 5.19 Å². The Morgan fingerprint density at radius 3 is 2.64 bits per heavy atom. The van der Waals surface area contributed by atoms with Crippen LogP contribution in [0.2, 0.25) is 19.6 Å². The lowest BCUT2D eigenvalue weighted by atomic mass is 9.89. The summed E-state index contributed by atoms with van der Waals surface area (Å²) in [6.45, 7) is 7.95. The van der Waals surface area contributed by atoms with Gasteiger partial charge in [0.1, 0.15) is 23.4 Å². The Balaban J connectivity index is 1.56. The fourth-order valence-corrected chi connectivity index (χ4v) is 5.99. The zero-order valence-corrected chi connectivity index (χ0v) is 17.5. The summed E-state index contributed by atoms with van der Waals surface area (Å²) in [5, 5.41) is 1.20. The number of fused-ring (bicyclic) bond motifs is 6. The van der Waals surface area contributed by atoms with Crippen molar-refractivity contribution in [3.05, 3.63) is 35.4 Å². The van der Waals surface area contributed by atoms with Crippen LogP contribution in [0.3, 0.4) is 0 Å². The summed E-state index contributed by atoms with van der Waals surface area (Å²) in [6.07, 6.45) is -0.0761. The summed E-state index contributed by atoms with van der Waals surface area (Å²) in [5.74, 6) is 4.32. The van der Waals surface area contributed by atoms with Crippen molar-refractivity contribution in [2.75, 3.05) is 27.3 Å². The van der Waals surface area contributed by atoms with Crippen molar-refractivity contribution in [3.63, 3.8) is 0 Å². The maximum Gasteiger partial charge on any atom is 0.231 e. The van der Waals surface area contributed by atoms with Crippen molar-refractivity contribution < 1.29 is 28.4 Å². The molecule has 28 heavy (non-hydrogen) atoms. The molecule has 0 aliphatic carbocycles. The van der Waals surface area contributed by atoms with E-state index in [1.807, 2.05) is 18.2 Å². The maximum absolute atomic E-state index is 6.59. The molecule has 0 radical (unpaired) electrons. The molecule has 3 aliphatic heterocycles. The highest BCUT2D eigenvalue weighted by Crippen LogP contribution is 2.54. The Kier molecular flexibility index (Phi) is 3.99. The third kappa shape index (κ3) is 2.64. The summed E-state index contributed by atoms with van der Waals surface area (Å²) in [7, 11) is -0.130. The van der Waals surface area contributed by atoms with Gasteiger partial charge in [-0.1, -0.05) is 19.6 Å². The van der Waals surface area contributed by atoms with Crippen LogP contribution in [0.5, 0.6) is 28.7 Å². The molecule has 2 aromatic carbocycles. The fourth-order valence-electron chi connectivity index (χ4n) is 4.23. The summed E-state index contributed by atoms with van der Waals surface area (Å²) in [6, 6.07) is 7.94. The number of hydrogen-bond acceptors (Lipinski definition) is 6. The molecule has 0 unspecified atom stereocenters. The zero-order chi connectivity index (χ0) is 19.5. The second kappa shape index (κ2) is 6.32. The summed E-state index contributed by atoms with van der Waals surface area (Å²) in [5.41, 5.74) is 2.21. The average Bonchev–Trinajstić information content (AvgIpc) is 3.26. The molecular weight excluding hydrogens is 376 g/mol. The van der Waals surface area contributed by atoms with E-state index >= 15 is 0 Å². The highest BCUT2D eigenvalue weighted by atomic mass is 28.3. The number of ether oxygens (including phenoxy) is 6. The second-order valence-electron chi connectivity index (χ2n) is 8.36. The number of benzene rings is 2. The highest BCUT2D eigenvalue weighted by molar-refractivity contribution is 6.90. The van der Waals surface area contributed by atoms with Gasteiger partial charge in [0.05, 0.1) is 20.6 Å². The first-order chi connectivity index (χ1) is 13.5. The van der Waals surface area contributed by atoms with Crippen LogP contribution in [0.1, 0.15) is 23.1 Å². The number of methoxy groups -OCH3 is 1. The van der Waals surface area contributed by atoms with E-state index < -0.39 is 8.07 Å². The minimum Gasteiger partial charge on any atom is -0.492 e. The van der Waals surface area contributed by atoms with Gasteiger partial charge in [-0.25, -0.2) is 0 Å². The first kappa shape index (κ1) is 17.7. The smallest absolute Gasteiger partial charge is 0.231 e. The molecule has 0 saturated heterocycles. The van der Waals surface area contributed by atoms with Crippen LogP contribution in [0.25, 0.3) is 0 Å². The maximum atomic E-state index is 6.59. The summed E-state index contributed by atoms with van der Waals surface area (Å²) in [4.78, 5) is 0. The van der Waals surface area contributed by atoms with E-state index in [9.17, 15) is 0 Å². The molecule has 0 amide bonds. The van der Waals surface area contributed by atoms with Gasteiger partial charge in [-0.15, -0.1) is 0 Å². The Labute approximate surface area is 165 Å². The zero-order valence-electron chi connectivity index (χ0n) is 16.5. The van der Waals surface area contributed by atoms with E-state index in [0.717, 1.165) is 39.9 Å². The number of rotatable bonds is 4. The normalized spacial score (nSPS) is 21.3. The minimum atomic E-state index is -1.73. The Morgan fingerprint density at radius 2 is 1.86 bits per heavy atom. The molecular formula is C21H24O6Si. The van der Waals surface area contributed by atoms with Crippen molar-refractivity contribution in [3.8, 4) is 28.7 Å². The van der Waals surface area contributed by atoms with Crippen LogP contribution in [0.15, 0.2) is 24.3 Å². The lowest BCUT2D eigenvalue weighted by Gasteiger charge is -2.28. The lowest BCUT2D eigenvalue weighted by molar-refractivity contribution is 0.0506. The molecule has 148 valence electrons. The van der Waals surface area contributed by atoms with Crippen LogP contribution >= 0.6 is 0 Å². The molecule has 2 aromatic rings. The molecule has 5 rings (SSSR count). The molecule has 6 nitrogen and oxygen atoms in total. The molecule has 0 saturated carbocycles. The SMILES string of the molecule is COCOc1ccc2c(c1)OC[C@H]1c3cc4c(c([Si](C)(C)C)c3O[C@@H]21)OCO4. The van der Waals surface area contributed by atoms with Gasteiger partial charge >= 0.3 is 0 Å². The molecule has 2 atom stereocenters. The van der Waals surface area contributed by atoms with E-state index in [0.29, 0.717) is 6.61 Å². The fraction of sp³-hybridized carbons (Fsp3) is 0.429. The van der Waals surface area contributed by atoms with E-state index in [4.69, 9.17) is 28.4 Å². The lowest BCUT2D eigenvalue weighted by Crippen LogP contribution is -2.39. The molecule has 3 aliphatic rings. The van der Waals surface area contributed by atoms with Crippen molar-refractivity contribution in [2.45, 2.75) is 31.7 Å². The van der Waals surface area contributed by atoms with Gasteiger partial charge in [0.15, 0.2) is 18.3 Å². The standard InChI is InChI=1S/C21H24O6Si/c1-22-10-24-12-5-6-13-16(7-12)23-9-15-14-8-17-20(26-11-25-17)21(28(2,3)4)19(14)27-18(13)15/h5-8,15,18H,9-11H2,1-4H3/t15-,18-/m0/s1. The highest BCUT2D eigenvalue weighted by Gasteiger charge is 2.46. The van der Waals surface area contributed by atoms with Crippen LogP contribution < -0.4 is 28.9 Å². The topological polar surface area (TPSA) is 55.4 Å². The molecule has 0 bridgehead atoms. The Bertz CT molecular complexity index is 935. The molecule has 0 N–H and O–H groups in total. The van der Waals surface area contributed by atoms with Crippen LogP contribution in [0, 0.1) is 0 Å². The van der Waals surface area contributed by atoms with Gasteiger partial charge in [-0.05, 0) is 18.2 Å². The van der Waals surface area contributed by atoms with E-state index in [2.05, 4.69) is 25.7 Å². The van der Waals surface area contributed by atoms with Crippen molar-refractivity contribution in [2.24, 2.45) is 0 Å². The van der Waals surface area contributed by atoms with Crippen molar-refractivity contribution in [1.82, 2.24) is 0 Å². The van der Waals surface area contributed by atoms with Gasteiger partial charge in [0, 0.05) is 29.5 Å². The monoisotopic (exact) mass is 400 g/mol. The largest absolute Gasteiger partial charge is 0.492 e. The van der Waals surface area contributed by atoms with Gasteiger partial charge < -0.3 is 28.4 Å². The van der Waals surface area contributed by atoms with Crippen LogP contribution in [0.4, 0.5) is 0 Å². The van der Waals surface area contributed by atoms with Gasteiger partial charge in [-0.3, -0.25) is 0 Å². The summed E-state index contributed by atoms with van der Waals surface area (Å²) < 4.78 is 34.8. The second-order valence-corrected chi connectivity index (χ2v) is 13.4. The van der Waals surface area contributed by atoms with Crippen molar-refractivity contribution in [1.29, 1.82) is 0 Å². The van der Waals surface area contributed by atoms with Gasteiger partial charge in [0.2, 0.25) is 6.79 Å². The third-order valence-electron chi connectivity index (χ3n) is 5.46. The first-order valence-electron chi connectivity index (χ1n) is 9.49. The van der Waals surface area contributed by atoms with E-state index in [-0.39, 0.29) is 25.6 Å². The minimum absolute atomic E-state index is 0.0761. The molecule has 0 fully saturated rings. The van der Waals surface area contributed by atoms with Crippen LogP contribution in [-0.4, -0.2) is 35.4 Å². The third-order valence-corrected chi connectivity index (χ3v) is 7.41. The molecule has 0 spiro atoms. The summed E-state index contributed by atoms with van der Waals surface area (Å²) >= 11 is 0. The molecule has 3 heterocycles. The predicted octanol–water partition coefficient (Wildman–Crippen LogP) is 3.55. The predicted molar refractivity (Wildman–Crippen MR) is 106 cm³/mol. The quantitative estimate of drug-likeness (QED) is 0.578. The van der Waals surface area contributed by atoms with Crippen molar-refractivity contribution >= 4 is 13.3 Å². The molecule has 0 aromatic heterocycles. The Hall–Kier alpha value is -2.38. The van der Waals surface area contributed by atoms with Gasteiger partial charge in [-0.2, -0.15) is 0 Å². The van der Waals surface area contributed by atoms with Gasteiger partial charge in [0.25, 0.3) is 0 Å². The average molecular weight is 401 g/mol. The number of hydrogen-bond donors (Lipinski definition) is 0. The first-order valence-corrected chi connectivity index (χ1v) is 13.0. The van der Waals surface area contributed by atoms with Crippen LogP contribution in [-0.2, 0) is 4.74 Å². The Morgan fingerprint density at radius 1 is 1.00 bits per heavy atom.